The van der Waals surface area contributed by atoms with E-state index in [1.165, 1.54) is 5.56 Å². The molecular weight excluding hydrogens is 264 g/mol. The summed E-state index contributed by atoms with van der Waals surface area (Å²) < 4.78 is 0. The van der Waals surface area contributed by atoms with Crippen LogP contribution in [0.5, 0.6) is 0 Å². The predicted molar refractivity (Wildman–Crippen MR) is 75.6 cm³/mol. The average Bonchev–Trinajstić information content (AvgIpc) is 3.06. The zero-order chi connectivity index (χ0) is 14.1. The summed E-state index contributed by atoms with van der Waals surface area (Å²) in [4.78, 5) is 10.7. The Labute approximate surface area is 118 Å². The van der Waals surface area contributed by atoms with Crippen molar-refractivity contribution in [2.75, 3.05) is 6.54 Å². The number of rotatable bonds is 5. The van der Waals surface area contributed by atoms with Gasteiger partial charge < -0.3 is 15.7 Å². The third-order valence-corrected chi connectivity index (χ3v) is 3.68. The third-order valence-electron chi connectivity index (χ3n) is 3.44. The smallest absolute Gasteiger partial charge is 0.405 e. The van der Waals surface area contributed by atoms with Crippen LogP contribution in [-0.4, -0.2) is 23.3 Å². The van der Waals surface area contributed by atoms with Gasteiger partial charge in [-0.25, -0.2) is 4.79 Å². The number of nitrogens with one attached hydrogen (secondary N) is 2. The molecule has 0 radical (unpaired) electrons. The van der Waals surface area contributed by atoms with E-state index in [0.29, 0.717) is 6.54 Å². The lowest BCUT2D eigenvalue weighted by Crippen LogP contribution is -2.51. The minimum absolute atomic E-state index is 0.0393. The van der Waals surface area contributed by atoms with Crippen LogP contribution in [0, 0.1) is 0 Å². The van der Waals surface area contributed by atoms with E-state index >= 15 is 0 Å². The van der Waals surface area contributed by atoms with E-state index in [0.717, 1.165) is 17.9 Å². The molecule has 4 nitrogen and oxygen atoms in total. The molecule has 19 heavy (non-hydrogen) atoms. The Hall–Kier alpha value is -1.26. The van der Waals surface area contributed by atoms with Gasteiger partial charge in [0.15, 0.2) is 0 Å². The summed E-state index contributed by atoms with van der Waals surface area (Å²) in [6, 6.07) is 7.83. The second-order valence-electron chi connectivity index (χ2n) is 5.76. The van der Waals surface area contributed by atoms with Crippen LogP contribution in [-0.2, 0) is 5.54 Å². The fourth-order valence-corrected chi connectivity index (χ4v) is 2.39. The van der Waals surface area contributed by atoms with Gasteiger partial charge >= 0.3 is 6.09 Å². The number of amides is 1. The first-order valence-corrected chi connectivity index (χ1v) is 6.73. The fourth-order valence-electron chi connectivity index (χ4n) is 2.20. The molecule has 0 aliphatic heterocycles. The maximum atomic E-state index is 10.7. The first kappa shape index (κ1) is 14.2. The summed E-state index contributed by atoms with van der Waals surface area (Å²) in [5, 5.41) is 15.5. The molecule has 1 aromatic rings. The van der Waals surface area contributed by atoms with Gasteiger partial charge in [-0.2, -0.15) is 0 Å². The lowest BCUT2D eigenvalue weighted by molar-refractivity contribution is 0.180. The minimum Gasteiger partial charge on any atom is -0.465 e. The van der Waals surface area contributed by atoms with Crippen molar-refractivity contribution in [2.24, 2.45) is 0 Å². The summed E-state index contributed by atoms with van der Waals surface area (Å²) in [5.41, 5.74) is 0.633. The van der Waals surface area contributed by atoms with Crippen molar-refractivity contribution in [2.45, 2.75) is 37.8 Å². The number of hydrogen-bond acceptors (Lipinski definition) is 2. The summed E-state index contributed by atoms with van der Waals surface area (Å²) in [7, 11) is 0. The van der Waals surface area contributed by atoms with Crippen molar-refractivity contribution in [3.8, 4) is 0 Å². The van der Waals surface area contributed by atoms with Gasteiger partial charge in [-0.15, -0.1) is 0 Å². The molecule has 0 saturated heterocycles. The molecule has 0 aromatic heterocycles. The van der Waals surface area contributed by atoms with Crippen molar-refractivity contribution in [1.82, 2.24) is 10.6 Å². The number of carbonyl (C=O) groups is 1. The Bertz CT molecular complexity index is 484. The second-order valence-corrected chi connectivity index (χ2v) is 6.20. The average molecular weight is 283 g/mol. The number of carboxylic acid groups (broad SMARTS) is 1. The van der Waals surface area contributed by atoms with Crippen LogP contribution >= 0.6 is 11.6 Å². The quantitative estimate of drug-likeness (QED) is 0.778. The first-order valence-electron chi connectivity index (χ1n) is 6.35. The number of benzene rings is 1. The highest BCUT2D eigenvalue weighted by molar-refractivity contribution is 6.30. The molecule has 0 bridgehead atoms. The highest BCUT2D eigenvalue weighted by atomic mass is 35.5. The molecular formula is C14H19ClN2O2. The molecule has 5 heteroatoms. The van der Waals surface area contributed by atoms with Crippen molar-refractivity contribution in [3.63, 3.8) is 0 Å². The van der Waals surface area contributed by atoms with E-state index in [9.17, 15) is 4.79 Å². The summed E-state index contributed by atoms with van der Waals surface area (Å²) in [6.07, 6.45) is 1.10. The van der Waals surface area contributed by atoms with Crippen LogP contribution in [0.4, 0.5) is 4.79 Å². The van der Waals surface area contributed by atoms with E-state index < -0.39 is 11.6 Å². The largest absolute Gasteiger partial charge is 0.465 e. The normalized spacial score (nSPS) is 17.0. The van der Waals surface area contributed by atoms with E-state index in [1.54, 1.807) is 0 Å². The Kier molecular flexibility index (Phi) is 3.74. The molecule has 1 aliphatic carbocycles. The molecule has 0 unspecified atom stereocenters. The van der Waals surface area contributed by atoms with Gasteiger partial charge in [0.05, 0.1) is 5.54 Å². The van der Waals surface area contributed by atoms with Gasteiger partial charge in [0.2, 0.25) is 0 Å². The predicted octanol–water partition coefficient (Wildman–Crippen LogP) is 2.96. The molecule has 1 aromatic carbocycles. The lowest BCUT2D eigenvalue weighted by atomic mass is 10.0. The zero-order valence-electron chi connectivity index (χ0n) is 11.2. The van der Waals surface area contributed by atoms with Crippen LogP contribution in [0.1, 0.15) is 32.3 Å². The zero-order valence-corrected chi connectivity index (χ0v) is 11.9. The van der Waals surface area contributed by atoms with E-state index in [4.69, 9.17) is 16.7 Å². The summed E-state index contributed by atoms with van der Waals surface area (Å²) in [5.74, 6) is 0. The molecule has 1 amide bonds. The Balaban J connectivity index is 2.01. The molecule has 0 atom stereocenters. The van der Waals surface area contributed by atoms with E-state index in [1.807, 2.05) is 32.0 Å². The molecule has 104 valence electrons. The van der Waals surface area contributed by atoms with Crippen molar-refractivity contribution >= 4 is 17.7 Å². The Morgan fingerprint density at radius 1 is 1.47 bits per heavy atom. The van der Waals surface area contributed by atoms with Crippen LogP contribution < -0.4 is 10.6 Å². The van der Waals surface area contributed by atoms with Gasteiger partial charge in [-0.05, 0) is 44.4 Å². The molecule has 2 rings (SSSR count). The third kappa shape index (κ3) is 3.61. The fraction of sp³-hybridized carbons (Fsp3) is 0.500. The van der Waals surface area contributed by atoms with Gasteiger partial charge in [-0.1, -0.05) is 23.7 Å². The Morgan fingerprint density at radius 2 is 2.16 bits per heavy atom. The molecule has 1 aliphatic rings. The first-order chi connectivity index (χ1) is 8.83. The van der Waals surface area contributed by atoms with Crippen molar-refractivity contribution in [1.29, 1.82) is 0 Å². The van der Waals surface area contributed by atoms with E-state index in [2.05, 4.69) is 16.7 Å². The maximum absolute atomic E-state index is 10.7. The lowest BCUT2D eigenvalue weighted by Gasteiger charge is -2.28. The second kappa shape index (κ2) is 5.02. The molecule has 3 N–H and O–H groups in total. The van der Waals surface area contributed by atoms with Gasteiger partial charge in [0.25, 0.3) is 0 Å². The van der Waals surface area contributed by atoms with Gasteiger partial charge in [0.1, 0.15) is 0 Å². The standard InChI is InChI=1S/C14H19ClN2O2/c1-13(2,17-12(18)19)9-16-14(6-7-14)10-4-3-5-11(15)8-10/h3-5,8,16-17H,6-7,9H2,1-2H3,(H,18,19). The SMILES string of the molecule is CC(C)(CNC1(c2cccc(Cl)c2)CC1)NC(=O)O. The van der Waals surface area contributed by atoms with Gasteiger partial charge in [0, 0.05) is 17.1 Å². The van der Waals surface area contributed by atoms with Crippen LogP contribution in [0.25, 0.3) is 0 Å². The number of hydrogen-bond donors (Lipinski definition) is 3. The van der Waals surface area contributed by atoms with E-state index in [-0.39, 0.29) is 5.54 Å². The number of halogens is 1. The summed E-state index contributed by atoms with van der Waals surface area (Å²) in [6.45, 7) is 4.30. The van der Waals surface area contributed by atoms with Gasteiger partial charge in [-0.3, -0.25) is 0 Å². The molecule has 1 saturated carbocycles. The Morgan fingerprint density at radius 3 is 2.68 bits per heavy atom. The van der Waals surface area contributed by atoms with Crippen molar-refractivity contribution < 1.29 is 9.90 Å². The highest BCUT2D eigenvalue weighted by Gasteiger charge is 2.44. The van der Waals surface area contributed by atoms with Crippen LogP contribution in [0.15, 0.2) is 24.3 Å². The minimum atomic E-state index is -1.00. The van der Waals surface area contributed by atoms with Crippen LogP contribution in [0.3, 0.4) is 0 Å². The topological polar surface area (TPSA) is 61.4 Å². The van der Waals surface area contributed by atoms with Crippen LogP contribution in [0.2, 0.25) is 5.02 Å². The highest BCUT2D eigenvalue weighted by Crippen LogP contribution is 2.46. The molecule has 0 heterocycles. The maximum Gasteiger partial charge on any atom is 0.405 e. The summed E-state index contributed by atoms with van der Waals surface area (Å²) >= 11 is 6.02. The van der Waals surface area contributed by atoms with Crippen molar-refractivity contribution in [3.05, 3.63) is 34.9 Å². The molecule has 0 spiro atoms. The molecule has 1 fully saturated rings. The monoisotopic (exact) mass is 282 g/mol.